The molecule has 200 valence electrons. The van der Waals surface area contributed by atoms with Crippen LogP contribution in [0.1, 0.15) is 38.4 Å². The molecule has 1 saturated heterocycles. The standard InChI is InChI=1S/C26H25ClF2N4O4S/c1-36-19-7-6-15(21(27)23(19)37-2)18(34)10-13-33-11-8-14(9-12-33)31-26-32-25(30)24(38-26)22(35)20-16(28)4-3-5-17(20)29/h3-7,10,13-14H,8-9,11-12,30H2,1-2H3,(H,31,32). The number of piperidine rings is 1. The molecule has 1 fully saturated rings. The first-order chi connectivity index (χ1) is 18.2. The number of likely N-dealkylation sites (tertiary alicyclic amines) is 1. The maximum Gasteiger partial charge on any atom is 0.212 e. The zero-order chi connectivity index (χ0) is 27.4. The molecule has 3 aromatic rings. The summed E-state index contributed by atoms with van der Waals surface area (Å²) in [5.41, 5.74) is 5.54. The Kier molecular flexibility index (Phi) is 8.48. The van der Waals surface area contributed by atoms with E-state index >= 15 is 0 Å². The Morgan fingerprint density at radius 2 is 1.84 bits per heavy atom. The predicted octanol–water partition coefficient (Wildman–Crippen LogP) is 5.18. The number of carbonyl (C=O) groups excluding carboxylic acids is 2. The van der Waals surface area contributed by atoms with Gasteiger partial charge < -0.3 is 25.4 Å². The molecule has 0 unspecified atom stereocenters. The maximum atomic E-state index is 14.0. The lowest BCUT2D eigenvalue weighted by molar-refractivity contribution is 0.103. The average molecular weight is 563 g/mol. The number of nitrogen functional groups attached to an aromatic ring is 1. The van der Waals surface area contributed by atoms with Crippen molar-refractivity contribution in [2.24, 2.45) is 0 Å². The number of thiazole rings is 1. The van der Waals surface area contributed by atoms with Gasteiger partial charge in [-0.3, -0.25) is 9.59 Å². The highest BCUT2D eigenvalue weighted by Crippen LogP contribution is 2.37. The summed E-state index contributed by atoms with van der Waals surface area (Å²) in [5.74, 6) is -2.37. The molecule has 3 N–H and O–H groups in total. The van der Waals surface area contributed by atoms with Gasteiger partial charge in [0, 0.05) is 37.0 Å². The number of hydrogen-bond donors (Lipinski definition) is 2. The molecule has 0 amide bonds. The van der Waals surface area contributed by atoms with Crippen molar-refractivity contribution in [1.82, 2.24) is 9.88 Å². The molecule has 0 radical (unpaired) electrons. The molecule has 1 aromatic heterocycles. The Morgan fingerprint density at radius 3 is 2.47 bits per heavy atom. The van der Waals surface area contributed by atoms with E-state index in [0.29, 0.717) is 35.3 Å². The van der Waals surface area contributed by atoms with Gasteiger partial charge in [-0.05, 0) is 37.1 Å². The number of halogens is 3. The van der Waals surface area contributed by atoms with E-state index < -0.39 is 23.0 Å². The molecule has 2 heterocycles. The van der Waals surface area contributed by atoms with Gasteiger partial charge in [-0.25, -0.2) is 13.8 Å². The number of hydrogen-bond acceptors (Lipinski definition) is 9. The van der Waals surface area contributed by atoms with Crippen LogP contribution in [0.2, 0.25) is 5.02 Å². The average Bonchev–Trinajstić information content (AvgIpc) is 3.27. The fourth-order valence-electron chi connectivity index (χ4n) is 4.09. The van der Waals surface area contributed by atoms with Crippen LogP contribution >= 0.6 is 22.9 Å². The second-order valence-corrected chi connectivity index (χ2v) is 9.83. The number of methoxy groups -OCH3 is 2. The van der Waals surface area contributed by atoms with Crippen molar-refractivity contribution in [3.63, 3.8) is 0 Å². The van der Waals surface area contributed by atoms with Gasteiger partial charge in [-0.1, -0.05) is 29.0 Å². The summed E-state index contributed by atoms with van der Waals surface area (Å²) < 4.78 is 38.5. The number of nitrogens with two attached hydrogens (primary N) is 1. The molecule has 12 heteroatoms. The number of anilines is 2. The number of allylic oxidation sites excluding steroid dienone is 1. The van der Waals surface area contributed by atoms with Crippen LogP contribution in [0.3, 0.4) is 0 Å². The zero-order valence-corrected chi connectivity index (χ0v) is 22.2. The van der Waals surface area contributed by atoms with Crippen molar-refractivity contribution in [3.05, 3.63) is 75.3 Å². The third kappa shape index (κ3) is 5.73. The highest BCUT2D eigenvalue weighted by molar-refractivity contribution is 7.18. The van der Waals surface area contributed by atoms with E-state index in [9.17, 15) is 18.4 Å². The van der Waals surface area contributed by atoms with E-state index in [2.05, 4.69) is 10.3 Å². The Labute approximate surface area is 227 Å². The zero-order valence-electron chi connectivity index (χ0n) is 20.6. The quantitative estimate of drug-likeness (QED) is 0.271. The fraction of sp³-hybridized carbons (Fsp3) is 0.269. The van der Waals surface area contributed by atoms with Crippen molar-refractivity contribution in [2.45, 2.75) is 18.9 Å². The van der Waals surface area contributed by atoms with Crippen LogP contribution in [0, 0.1) is 11.6 Å². The third-order valence-corrected chi connectivity index (χ3v) is 7.47. The van der Waals surface area contributed by atoms with Crippen LogP contribution in [0.4, 0.5) is 19.7 Å². The van der Waals surface area contributed by atoms with E-state index in [0.717, 1.165) is 36.3 Å². The number of carbonyl (C=O) groups is 2. The summed E-state index contributed by atoms with van der Waals surface area (Å²) in [5, 5.41) is 3.83. The molecule has 4 rings (SSSR count). The molecule has 0 spiro atoms. The normalized spacial score (nSPS) is 14.1. The largest absolute Gasteiger partial charge is 0.493 e. The lowest BCUT2D eigenvalue weighted by Crippen LogP contribution is -2.36. The third-order valence-electron chi connectivity index (χ3n) is 6.09. The van der Waals surface area contributed by atoms with Gasteiger partial charge in [0.05, 0.1) is 24.8 Å². The first kappa shape index (κ1) is 27.3. The molecule has 1 aliphatic rings. The molecular formula is C26H25ClF2N4O4S. The number of nitrogens with zero attached hydrogens (tertiary/aromatic N) is 2. The first-order valence-corrected chi connectivity index (χ1v) is 12.8. The van der Waals surface area contributed by atoms with E-state index in [1.54, 1.807) is 18.3 Å². The molecule has 2 aromatic carbocycles. The maximum absolute atomic E-state index is 14.0. The number of ether oxygens (including phenoxy) is 2. The highest BCUT2D eigenvalue weighted by atomic mass is 35.5. The molecule has 0 saturated carbocycles. The summed E-state index contributed by atoms with van der Waals surface area (Å²) in [7, 11) is 2.94. The number of aromatic nitrogens is 1. The number of benzene rings is 2. The van der Waals surface area contributed by atoms with E-state index in [4.69, 9.17) is 26.8 Å². The van der Waals surface area contributed by atoms with E-state index in [1.165, 1.54) is 26.4 Å². The molecule has 0 aliphatic carbocycles. The van der Waals surface area contributed by atoms with Crippen LogP contribution in [0.25, 0.3) is 0 Å². The molecular weight excluding hydrogens is 538 g/mol. The minimum atomic E-state index is -0.954. The van der Waals surface area contributed by atoms with Crippen molar-refractivity contribution in [1.29, 1.82) is 0 Å². The van der Waals surface area contributed by atoms with Gasteiger partial charge in [0.15, 0.2) is 22.4 Å². The second-order valence-electron chi connectivity index (χ2n) is 8.46. The highest BCUT2D eigenvalue weighted by Gasteiger charge is 2.25. The van der Waals surface area contributed by atoms with Crippen molar-refractivity contribution in [3.8, 4) is 11.5 Å². The summed E-state index contributed by atoms with van der Waals surface area (Å²) in [6.45, 7) is 1.32. The summed E-state index contributed by atoms with van der Waals surface area (Å²) in [4.78, 5) is 31.6. The van der Waals surface area contributed by atoms with Gasteiger partial charge >= 0.3 is 0 Å². The number of rotatable bonds is 9. The van der Waals surface area contributed by atoms with Crippen LogP contribution in [0.5, 0.6) is 11.5 Å². The molecule has 0 atom stereocenters. The minimum absolute atomic E-state index is 0.0239. The van der Waals surface area contributed by atoms with Gasteiger partial charge in [-0.2, -0.15) is 0 Å². The van der Waals surface area contributed by atoms with Crippen LogP contribution < -0.4 is 20.5 Å². The minimum Gasteiger partial charge on any atom is -0.493 e. The van der Waals surface area contributed by atoms with Crippen LogP contribution in [-0.2, 0) is 0 Å². The van der Waals surface area contributed by atoms with Crippen LogP contribution in [0.15, 0.2) is 42.6 Å². The SMILES string of the molecule is COc1ccc(C(=O)C=CN2CCC(Nc3nc(N)c(C(=O)c4c(F)cccc4F)s3)CC2)c(Cl)c1OC. The van der Waals surface area contributed by atoms with E-state index in [1.807, 2.05) is 4.90 Å². The van der Waals surface area contributed by atoms with E-state index in [-0.39, 0.29) is 27.5 Å². The smallest absolute Gasteiger partial charge is 0.212 e. The van der Waals surface area contributed by atoms with Gasteiger partial charge in [-0.15, -0.1) is 0 Å². The van der Waals surface area contributed by atoms with Gasteiger partial charge in [0.1, 0.15) is 22.3 Å². The molecule has 1 aliphatic heterocycles. The summed E-state index contributed by atoms with van der Waals surface area (Å²) >= 11 is 7.29. The first-order valence-electron chi connectivity index (χ1n) is 11.6. The molecule has 38 heavy (non-hydrogen) atoms. The number of nitrogens with one attached hydrogen (secondary N) is 1. The Balaban J connectivity index is 1.35. The Morgan fingerprint density at radius 1 is 1.16 bits per heavy atom. The van der Waals surface area contributed by atoms with Crippen molar-refractivity contribution < 1.29 is 27.8 Å². The lowest BCUT2D eigenvalue weighted by Gasteiger charge is -2.31. The fourth-order valence-corrected chi connectivity index (χ4v) is 5.33. The Bertz CT molecular complexity index is 1370. The predicted molar refractivity (Wildman–Crippen MR) is 143 cm³/mol. The van der Waals surface area contributed by atoms with Crippen molar-refractivity contribution in [2.75, 3.05) is 38.4 Å². The molecule has 8 nitrogen and oxygen atoms in total. The number of ketones is 2. The van der Waals surface area contributed by atoms with Gasteiger partial charge in [0.2, 0.25) is 5.78 Å². The molecule has 0 bridgehead atoms. The second kappa shape index (κ2) is 11.8. The summed E-state index contributed by atoms with van der Waals surface area (Å²) in [6.07, 6.45) is 4.63. The van der Waals surface area contributed by atoms with Gasteiger partial charge in [0.25, 0.3) is 0 Å². The van der Waals surface area contributed by atoms with Crippen molar-refractivity contribution >= 4 is 45.5 Å². The Hall–Kier alpha value is -3.70. The van der Waals surface area contributed by atoms with Crippen LogP contribution in [-0.4, -0.2) is 54.8 Å². The topological polar surface area (TPSA) is 107 Å². The summed E-state index contributed by atoms with van der Waals surface area (Å²) in [6, 6.07) is 6.48. The lowest BCUT2D eigenvalue weighted by atomic mass is 10.1. The monoisotopic (exact) mass is 562 g/mol.